The molecular weight excluding hydrogens is 593 g/mol. The summed E-state index contributed by atoms with van der Waals surface area (Å²) < 4.78 is 28.8. The minimum absolute atomic E-state index is 0.00740. The third-order valence-corrected chi connectivity index (χ3v) is 8.67. The Hall–Kier alpha value is -2.78. The molecule has 3 rings (SSSR count). The highest BCUT2D eigenvalue weighted by atomic mass is 35.5. The fourth-order valence-electron chi connectivity index (χ4n) is 3.97. The molecule has 1 atom stereocenters. The van der Waals surface area contributed by atoms with E-state index < -0.39 is 40.0 Å². The van der Waals surface area contributed by atoms with Crippen LogP contribution in [0.25, 0.3) is 0 Å². The molecule has 1 N–H and O–H groups in total. The van der Waals surface area contributed by atoms with E-state index in [0.717, 1.165) is 4.31 Å². The summed E-state index contributed by atoms with van der Waals surface area (Å²) in [5, 5.41) is 3.93. The zero-order valence-corrected chi connectivity index (χ0v) is 26.0. The Morgan fingerprint density at radius 2 is 1.52 bits per heavy atom. The van der Waals surface area contributed by atoms with Gasteiger partial charge in [-0.05, 0) is 82.1 Å². The van der Waals surface area contributed by atoms with E-state index in [2.05, 4.69) is 5.32 Å². The van der Waals surface area contributed by atoms with Crippen LogP contribution in [-0.4, -0.2) is 43.3 Å². The van der Waals surface area contributed by atoms with Crippen LogP contribution in [0, 0.1) is 6.92 Å². The maximum atomic E-state index is 14.0. The molecule has 0 heterocycles. The molecule has 0 fully saturated rings. The van der Waals surface area contributed by atoms with Gasteiger partial charge in [0.2, 0.25) is 11.8 Å². The zero-order chi connectivity index (χ0) is 29.8. The number of benzene rings is 3. The van der Waals surface area contributed by atoms with Crippen molar-refractivity contribution in [1.82, 2.24) is 10.2 Å². The summed E-state index contributed by atoms with van der Waals surface area (Å²) in [6, 6.07) is 16.5. The van der Waals surface area contributed by atoms with Gasteiger partial charge in [-0.2, -0.15) is 0 Å². The van der Waals surface area contributed by atoms with E-state index in [4.69, 9.17) is 34.8 Å². The average Bonchev–Trinajstić information content (AvgIpc) is 2.87. The number of carbonyl (C=O) groups excluding carboxylic acids is 2. The molecule has 0 spiro atoms. The highest BCUT2D eigenvalue weighted by Crippen LogP contribution is 2.30. The van der Waals surface area contributed by atoms with Crippen molar-refractivity contribution in [1.29, 1.82) is 0 Å². The van der Waals surface area contributed by atoms with Crippen molar-refractivity contribution in [3.8, 4) is 0 Å². The van der Waals surface area contributed by atoms with E-state index in [1.807, 2.05) is 20.8 Å². The first-order chi connectivity index (χ1) is 18.6. The van der Waals surface area contributed by atoms with Crippen molar-refractivity contribution >= 4 is 62.3 Å². The number of halogens is 3. The first-order valence-corrected chi connectivity index (χ1v) is 15.1. The van der Waals surface area contributed by atoms with Gasteiger partial charge >= 0.3 is 0 Å². The van der Waals surface area contributed by atoms with E-state index in [-0.39, 0.29) is 17.1 Å². The van der Waals surface area contributed by atoms with E-state index >= 15 is 0 Å². The molecule has 2 amide bonds. The summed E-state index contributed by atoms with van der Waals surface area (Å²) in [5.41, 5.74) is 0.841. The molecule has 0 bridgehead atoms. The van der Waals surface area contributed by atoms with Crippen LogP contribution in [0.5, 0.6) is 0 Å². The quantitative estimate of drug-likeness (QED) is 0.295. The standard InChI is InChI=1S/C29H32Cl3N3O4S/c1-19-11-13-23(31)16-26(19)35(40(38,39)24-9-7-6-8-10-24)18-27(36)34(20(2)28(37)33-29(3,4)5)17-21-12-14-22(30)15-25(21)32/h6-16,20H,17-18H2,1-5H3,(H,33,37). The molecule has 214 valence electrons. The Bertz CT molecular complexity index is 1490. The predicted molar refractivity (Wildman–Crippen MR) is 162 cm³/mol. The topological polar surface area (TPSA) is 86.8 Å². The minimum atomic E-state index is -4.20. The molecule has 0 radical (unpaired) electrons. The summed E-state index contributed by atoms with van der Waals surface area (Å²) >= 11 is 18.7. The Balaban J connectivity index is 2.09. The Labute approximate surface area is 251 Å². The predicted octanol–water partition coefficient (Wildman–Crippen LogP) is 6.48. The molecule has 40 heavy (non-hydrogen) atoms. The van der Waals surface area contributed by atoms with Crippen LogP contribution >= 0.6 is 34.8 Å². The van der Waals surface area contributed by atoms with Crippen LogP contribution in [0.1, 0.15) is 38.8 Å². The minimum Gasteiger partial charge on any atom is -0.350 e. The van der Waals surface area contributed by atoms with Crippen LogP contribution in [0.3, 0.4) is 0 Å². The molecule has 0 saturated carbocycles. The first kappa shape index (κ1) is 31.7. The lowest BCUT2D eigenvalue weighted by molar-refractivity contribution is -0.140. The number of hydrogen-bond acceptors (Lipinski definition) is 4. The van der Waals surface area contributed by atoms with Gasteiger partial charge in [-0.1, -0.05) is 65.1 Å². The maximum absolute atomic E-state index is 14.0. The van der Waals surface area contributed by atoms with Gasteiger partial charge in [0, 0.05) is 27.2 Å². The third-order valence-electron chi connectivity index (χ3n) is 6.07. The first-order valence-electron chi connectivity index (χ1n) is 12.5. The normalized spacial score (nSPS) is 12.5. The molecule has 11 heteroatoms. The number of nitrogens with zero attached hydrogens (tertiary/aromatic N) is 2. The lowest BCUT2D eigenvalue weighted by atomic mass is 10.1. The van der Waals surface area contributed by atoms with Crippen LogP contribution in [-0.2, 0) is 26.2 Å². The monoisotopic (exact) mass is 623 g/mol. The van der Waals surface area contributed by atoms with Crippen LogP contribution in [0.2, 0.25) is 15.1 Å². The van der Waals surface area contributed by atoms with Gasteiger partial charge in [-0.25, -0.2) is 8.42 Å². The van der Waals surface area contributed by atoms with E-state index in [9.17, 15) is 18.0 Å². The van der Waals surface area contributed by atoms with Crippen molar-refractivity contribution in [3.05, 3.63) is 92.9 Å². The number of hydrogen-bond donors (Lipinski definition) is 1. The van der Waals surface area contributed by atoms with Crippen molar-refractivity contribution < 1.29 is 18.0 Å². The highest BCUT2D eigenvalue weighted by molar-refractivity contribution is 7.92. The smallest absolute Gasteiger partial charge is 0.264 e. The van der Waals surface area contributed by atoms with Crippen molar-refractivity contribution in [3.63, 3.8) is 0 Å². The Kier molecular flexibility index (Phi) is 10.2. The average molecular weight is 625 g/mol. The SMILES string of the molecule is Cc1ccc(Cl)cc1N(CC(=O)N(Cc1ccc(Cl)cc1Cl)C(C)C(=O)NC(C)(C)C)S(=O)(=O)c1ccccc1. The summed E-state index contributed by atoms with van der Waals surface area (Å²) in [5.74, 6) is -1.01. The maximum Gasteiger partial charge on any atom is 0.264 e. The van der Waals surface area contributed by atoms with Gasteiger partial charge in [0.15, 0.2) is 0 Å². The van der Waals surface area contributed by atoms with Crippen molar-refractivity contribution in [2.45, 2.75) is 57.6 Å². The zero-order valence-electron chi connectivity index (χ0n) is 22.9. The lowest BCUT2D eigenvalue weighted by Crippen LogP contribution is -2.54. The number of nitrogens with one attached hydrogen (secondary N) is 1. The van der Waals surface area contributed by atoms with E-state index in [1.165, 1.54) is 23.1 Å². The summed E-state index contributed by atoms with van der Waals surface area (Å²) in [6.07, 6.45) is 0. The Morgan fingerprint density at radius 3 is 2.12 bits per heavy atom. The molecule has 0 aromatic heterocycles. The van der Waals surface area contributed by atoms with Gasteiger partial charge in [-0.3, -0.25) is 13.9 Å². The van der Waals surface area contributed by atoms with Gasteiger partial charge in [0.25, 0.3) is 10.0 Å². The van der Waals surface area contributed by atoms with Gasteiger partial charge in [-0.15, -0.1) is 0 Å². The summed E-state index contributed by atoms with van der Waals surface area (Å²) in [4.78, 5) is 28.5. The Morgan fingerprint density at radius 1 is 0.925 bits per heavy atom. The number of anilines is 1. The number of amides is 2. The van der Waals surface area contributed by atoms with Crippen molar-refractivity contribution in [2.24, 2.45) is 0 Å². The molecule has 0 aliphatic carbocycles. The summed E-state index contributed by atoms with van der Waals surface area (Å²) in [7, 11) is -4.20. The molecule has 3 aromatic rings. The van der Waals surface area contributed by atoms with Crippen LogP contribution in [0.4, 0.5) is 5.69 Å². The fraction of sp³-hybridized carbons (Fsp3) is 0.310. The molecule has 3 aromatic carbocycles. The molecule has 0 aliphatic rings. The van der Waals surface area contributed by atoms with Crippen LogP contribution in [0.15, 0.2) is 71.6 Å². The largest absolute Gasteiger partial charge is 0.350 e. The molecule has 0 aliphatic heterocycles. The van der Waals surface area contributed by atoms with Gasteiger partial charge in [0.1, 0.15) is 12.6 Å². The fourth-order valence-corrected chi connectivity index (χ4v) is 6.10. The third kappa shape index (κ3) is 7.91. The number of sulfonamides is 1. The highest BCUT2D eigenvalue weighted by Gasteiger charge is 2.34. The number of rotatable bonds is 9. The summed E-state index contributed by atoms with van der Waals surface area (Å²) in [6.45, 7) is 8.16. The van der Waals surface area contributed by atoms with Crippen LogP contribution < -0.4 is 9.62 Å². The molecule has 7 nitrogen and oxygen atoms in total. The second-order valence-corrected chi connectivity index (χ2v) is 13.6. The molecule has 0 saturated heterocycles. The molecule has 1 unspecified atom stereocenters. The number of carbonyl (C=O) groups is 2. The van der Waals surface area contributed by atoms with Crippen molar-refractivity contribution in [2.75, 3.05) is 10.8 Å². The van der Waals surface area contributed by atoms with Gasteiger partial charge in [0.05, 0.1) is 10.6 Å². The van der Waals surface area contributed by atoms with Gasteiger partial charge < -0.3 is 10.2 Å². The second kappa shape index (κ2) is 12.8. The lowest BCUT2D eigenvalue weighted by Gasteiger charge is -2.34. The van der Waals surface area contributed by atoms with E-state index in [0.29, 0.717) is 26.2 Å². The number of aryl methyl sites for hydroxylation is 1. The van der Waals surface area contributed by atoms with E-state index in [1.54, 1.807) is 62.4 Å². The molecular formula is C29H32Cl3N3O4S. The second-order valence-electron chi connectivity index (χ2n) is 10.4.